The van der Waals surface area contributed by atoms with Gasteiger partial charge in [0.05, 0.1) is 0 Å². The predicted molar refractivity (Wildman–Crippen MR) is 47.0 cm³/mol. The predicted octanol–water partition coefficient (Wildman–Crippen LogP) is 1.79. The van der Waals surface area contributed by atoms with Crippen LogP contribution >= 0.6 is 0 Å². The maximum absolute atomic E-state index is 12.5. The third-order valence-corrected chi connectivity index (χ3v) is 2.80. The second-order valence-electron chi connectivity index (χ2n) is 3.87. The molecule has 5 heteroatoms. The van der Waals surface area contributed by atoms with Gasteiger partial charge in [-0.2, -0.15) is 13.2 Å². The van der Waals surface area contributed by atoms with Crippen molar-refractivity contribution in [1.29, 1.82) is 0 Å². The van der Waals surface area contributed by atoms with Crippen molar-refractivity contribution in [2.24, 2.45) is 0 Å². The summed E-state index contributed by atoms with van der Waals surface area (Å²) in [6, 6.07) is 0. The summed E-state index contributed by atoms with van der Waals surface area (Å²) in [5.41, 5.74) is -2.53. The summed E-state index contributed by atoms with van der Waals surface area (Å²) in [6.07, 6.45) is -2.95. The Morgan fingerprint density at radius 1 is 1.21 bits per heavy atom. The number of likely N-dealkylation sites (tertiary alicyclic amines) is 1. The van der Waals surface area contributed by atoms with Gasteiger partial charge in [-0.1, -0.05) is 6.92 Å². The Kier molecular flexibility index (Phi) is 3.42. The van der Waals surface area contributed by atoms with Gasteiger partial charge in [0.2, 0.25) is 0 Å². The van der Waals surface area contributed by atoms with Crippen LogP contribution in [0.5, 0.6) is 0 Å². The van der Waals surface area contributed by atoms with Crippen LogP contribution in [0.15, 0.2) is 0 Å². The van der Waals surface area contributed by atoms with E-state index in [9.17, 15) is 18.3 Å². The molecule has 1 rings (SSSR count). The Morgan fingerprint density at radius 3 is 2.07 bits per heavy atom. The quantitative estimate of drug-likeness (QED) is 0.769. The first-order valence-electron chi connectivity index (χ1n) is 4.90. The molecule has 0 aromatic carbocycles. The molecule has 0 amide bonds. The topological polar surface area (TPSA) is 23.5 Å². The summed E-state index contributed by atoms with van der Waals surface area (Å²) < 4.78 is 37.4. The third-order valence-electron chi connectivity index (χ3n) is 2.80. The zero-order chi connectivity index (χ0) is 10.8. The SMILES string of the molecule is CCC(O)(CN1CCCC1)C(F)(F)F. The molecular weight excluding hydrogens is 195 g/mol. The number of β-amino-alcohol motifs (C(OH)–C–C–N with tert-alkyl or cyclic N) is 1. The highest BCUT2D eigenvalue weighted by atomic mass is 19.4. The fourth-order valence-corrected chi connectivity index (χ4v) is 1.71. The lowest BCUT2D eigenvalue weighted by Gasteiger charge is -2.33. The monoisotopic (exact) mass is 211 g/mol. The number of nitrogens with zero attached hydrogens (tertiary/aromatic N) is 1. The largest absolute Gasteiger partial charge is 0.418 e. The summed E-state index contributed by atoms with van der Waals surface area (Å²) in [5.74, 6) is 0. The lowest BCUT2D eigenvalue weighted by molar-refractivity contribution is -0.265. The van der Waals surface area contributed by atoms with E-state index in [1.54, 1.807) is 4.90 Å². The van der Waals surface area contributed by atoms with E-state index in [0.29, 0.717) is 13.1 Å². The van der Waals surface area contributed by atoms with Crippen LogP contribution in [-0.2, 0) is 0 Å². The third kappa shape index (κ3) is 2.39. The van der Waals surface area contributed by atoms with Gasteiger partial charge in [0.1, 0.15) is 0 Å². The first-order valence-corrected chi connectivity index (χ1v) is 4.90. The minimum absolute atomic E-state index is 0.285. The summed E-state index contributed by atoms with van der Waals surface area (Å²) in [5, 5.41) is 9.45. The number of aliphatic hydroxyl groups is 1. The minimum atomic E-state index is -4.52. The van der Waals surface area contributed by atoms with Crippen molar-refractivity contribution in [3.63, 3.8) is 0 Å². The van der Waals surface area contributed by atoms with E-state index >= 15 is 0 Å². The van der Waals surface area contributed by atoms with Crippen LogP contribution in [0.1, 0.15) is 26.2 Å². The van der Waals surface area contributed by atoms with Gasteiger partial charge in [-0.3, -0.25) is 0 Å². The first-order chi connectivity index (χ1) is 6.39. The van der Waals surface area contributed by atoms with Gasteiger partial charge in [-0.05, 0) is 32.4 Å². The van der Waals surface area contributed by atoms with Crippen LogP contribution in [0.3, 0.4) is 0 Å². The van der Waals surface area contributed by atoms with Crippen LogP contribution < -0.4 is 0 Å². The van der Waals surface area contributed by atoms with Crippen LogP contribution in [0, 0.1) is 0 Å². The molecule has 0 saturated carbocycles. The van der Waals surface area contributed by atoms with Gasteiger partial charge < -0.3 is 10.0 Å². The molecule has 0 aromatic rings. The molecule has 1 fully saturated rings. The molecule has 0 bridgehead atoms. The fraction of sp³-hybridized carbons (Fsp3) is 1.00. The first kappa shape index (κ1) is 11.8. The second-order valence-corrected chi connectivity index (χ2v) is 3.87. The lowest BCUT2D eigenvalue weighted by atomic mass is 9.99. The maximum Gasteiger partial charge on any atom is 0.418 e. The molecule has 84 valence electrons. The molecule has 0 aromatic heterocycles. The molecule has 1 saturated heterocycles. The summed E-state index contributed by atoms with van der Waals surface area (Å²) in [7, 11) is 0. The van der Waals surface area contributed by atoms with Crippen LogP contribution in [0.2, 0.25) is 0 Å². The summed E-state index contributed by atoms with van der Waals surface area (Å²) in [6.45, 7) is 2.41. The molecule has 1 atom stereocenters. The minimum Gasteiger partial charge on any atom is -0.379 e. The highest BCUT2D eigenvalue weighted by molar-refractivity contribution is 4.89. The van der Waals surface area contributed by atoms with Crippen molar-refractivity contribution in [2.75, 3.05) is 19.6 Å². The Morgan fingerprint density at radius 2 is 1.71 bits per heavy atom. The zero-order valence-electron chi connectivity index (χ0n) is 8.27. The number of halogens is 3. The van der Waals surface area contributed by atoms with Crippen LogP contribution in [-0.4, -0.2) is 41.4 Å². The maximum atomic E-state index is 12.5. The smallest absolute Gasteiger partial charge is 0.379 e. The second kappa shape index (κ2) is 4.06. The molecule has 2 nitrogen and oxygen atoms in total. The highest BCUT2D eigenvalue weighted by Gasteiger charge is 2.53. The van der Waals surface area contributed by atoms with E-state index in [2.05, 4.69) is 0 Å². The van der Waals surface area contributed by atoms with Crippen molar-refractivity contribution in [3.8, 4) is 0 Å². The van der Waals surface area contributed by atoms with Gasteiger partial charge >= 0.3 is 6.18 Å². The van der Waals surface area contributed by atoms with Gasteiger partial charge in [0, 0.05) is 6.54 Å². The van der Waals surface area contributed by atoms with Crippen molar-refractivity contribution >= 4 is 0 Å². The molecule has 0 radical (unpaired) electrons. The average Bonchev–Trinajstić information content (AvgIpc) is 2.54. The molecule has 1 aliphatic heterocycles. The van der Waals surface area contributed by atoms with Crippen LogP contribution in [0.25, 0.3) is 0 Å². The standard InChI is InChI=1S/C9H16F3NO/c1-2-8(14,9(10,11)12)7-13-5-3-4-6-13/h14H,2-7H2,1H3. The van der Waals surface area contributed by atoms with Crippen molar-refractivity contribution in [1.82, 2.24) is 4.90 Å². The Bertz CT molecular complexity index is 189. The molecule has 1 aliphatic rings. The molecule has 0 spiro atoms. The van der Waals surface area contributed by atoms with E-state index in [1.165, 1.54) is 6.92 Å². The Balaban J connectivity index is 2.60. The molecule has 1 N–H and O–H groups in total. The normalized spacial score (nSPS) is 23.8. The summed E-state index contributed by atoms with van der Waals surface area (Å²) >= 11 is 0. The molecular formula is C9H16F3NO. The molecule has 1 unspecified atom stereocenters. The number of rotatable bonds is 3. The Hall–Kier alpha value is -0.290. The number of alkyl halides is 3. The number of hydrogen-bond acceptors (Lipinski definition) is 2. The van der Waals surface area contributed by atoms with Gasteiger partial charge in [0.25, 0.3) is 0 Å². The average molecular weight is 211 g/mol. The van der Waals surface area contributed by atoms with Crippen LogP contribution in [0.4, 0.5) is 13.2 Å². The van der Waals surface area contributed by atoms with E-state index in [4.69, 9.17) is 0 Å². The number of hydrogen-bond donors (Lipinski definition) is 1. The van der Waals surface area contributed by atoms with Crippen molar-refractivity contribution in [3.05, 3.63) is 0 Å². The van der Waals surface area contributed by atoms with Gasteiger partial charge in [-0.25, -0.2) is 0 Å². The zero-order valence-corrected chi connectivity index (χ0v) is 8.27. The van der Waals surface area contributed by atoms with Crippen molar-refractivity contribution < 1.29 is 18.3 Å². The fourth-order valence-electron chi connectivity index (χ4n) is 1.71. The lowest BCUT2D eigenvalue weighted by Crippen LogP contribution is -2.52. The summed E-state index contributed by atoms with van der Waals surface area (Å²) in [4.78, 5) is 1.68. The van der Waals surface area contributed by atoms with E-state index in [1.807, 2.05) is 0 Å². The van der Waals surface area contributed by atoms with E-state index in [-0.39, 0.29) is 13.0 Å². The van der Waals surface area contributed by atoms with Crippen molar-refractivity contribution in [2.45, 2.75) is 38.0 Å². The molecule has 14 heavy (non-hydrogen) atoms. The van der Waals surface area contributed by atoms with E-state index in [0.717, 1.165) is 12.8 Å². The highest BCUT2D eigenvalue weighted by Crippen LogP contribution is 2.34. The molecule has 0 aliphatic carbocycles. The Labute approximate surface area is 81.7 Å². The molecule has 1 heterocycles. The van der Waals surface area contributed by atoms with Gasteiger partial charge in [-0.15, -0.1) is 0 Å². The van der Waals surface area contributed by atoms with Gasteiger partial charge in [0.15, 0.2) is 5.60 Å². The van der Waals surface area contributed by atoms with E-state index < -0.39 is 11.8 Å².